The summed E-state index contributed by atoms with van der Waals surface area (Å²) in [6.07, 6.45) is 2.69. The summed E-state index contributed by atoms with van der Waals surface area (Å²) in [6, 6.07) is 8.59. The van der Waals surface area contributed by atoms with E-state index in [0.717, 1.165) is 19.5 Å². The maximum Gasteiger partial charge on any atom is 0.271 e. The quantitative estimate of drug-likeness (QED) is 0.645. The minimum absolute atomic E-state index is 0.133. The van der Waals surface area contributed by atoms with Gasteiger partial charge in [-0.15, -0.1) is 0 Å². The molecule has 124 valence electrons. The smallest absolute Gasteiger partial charge is 0.271 e. The summed E-state index contributed by atoms with van der Waals surface area (Å²) >= 11 is 0. The molecule has 0 saturated carbocycles. The Morgan fingerprint density at radius 1 is 1.17 bits per heavy atom. The third kappa shape index (κ3) is 4.56. The normalized spacial score (nSPS) is 10.6. The van der Waals surface area contributed by atoms with Crippen LogP contribution < -0.4 is 16.0 Å². The summed E-state index contributed by atoms with van der Waals surface area (Å²) in [7, 11) is 3.39. The van der Waals surface area contributed by atoms with Crippen LogP contribution in [0.4, 0.5) is 5.82 Å². The molecule has 0 atom stereocenters. The Labute approximate surface area is 137 Å². The molecule has 2 aromatic rings. The van der Waals surface area contributed by atoms with Gasteiger partial charge in [-0.3, -0.25) is 4.79 Å². The Bertz CT molecular complexity index is 633. The first-order valence-corrected chi connectivity index (χ1v) is 7.87. The molecular weight excluding hydrogens is 290 g/mol. The van der Waals surface area contributed by atoms with Crippen LogP contribution in [0.5, 0.6) is 0 Å². The molecule has 0 aliphatic carbocycles. The maximum absolute atomic E-state index is 11.9. The van der Waals surface area contributed by atoms with E-state index >= 15 is 0 Å². The number of hydrogen-bond acceptors (Lipinski definition) is 4. The molecule has 1 aromatic heterocycles. The van der Waals surface area contributed by atoms with E-state index in [9.17, 15) is 4.79 Å². The van der Waals surface area contributed by atoms with Crippen LogP contribution in [0.15, 0.2) is 30.6 Å². The summed E-state index contributed by atoms with van der Waals surface area (Å²) in [5, 5.41) is 9.00. The molecule has 3 N–H and O–H groups in total. The molecule has 2 rings (SSSR count). The summed E-state index contributed by atoms with van der Waals surface area (Å²) in [4.78, 5) is 16.2. The van der Waals surface area contributed by atoms with E-state index in [1.165, 1.54) is 11.1 Å². The van der Waals surface area contributed by atoms with E-state index in [4.69, 9.17) is 0 Å². The summed E-state index contributed by atoms with van der Waals surface area (Å²) in [6.45, 7) is 4.49. The molecule has 1 amide bonds. The van der Waals surface area contributed by atoms with Crippen LogP contribution in [-0.2, 0) is 13.0 Å². The highest BCUT2D eigenvalue weighted by atomic mass is 16.1. The van der Waals surface area contributed by atoms with Crippen molar-refractivity contribution in [2.45, 2.75) is 19.9 Å². The molecule has 0 unspecified atom stereocenters. The van der Waals surface area contributed by atoms with Gasteiger partial charge in [-0.2, -0.15) is 0 Å². The zero-order valence-corrected chi connectivity index (χ0v) is 14.0. The van der Waals surface area contributed by atoms with Crippen LogP contribution in [0.2, 0.25) is 0 Å². The Morgan fingerprint density at radius 3 is 2.57 bits per heavy atom. The van der Waals surface area contributed by atoms with Crippen molar-refractivity contribution in [3.63, 3.8) is 0 Å². The fourth-order valence-electron chi connectivity index (χ4n) is 2.40. The topological polar surface area (TPSA) is 71.0 Å². The molecule has 0 radical (unpaired) electrons. The molecule has 0 bridgehead atoms. The van der Waals surface area contributed by atoms with Gasteiger partial charge in [0.15, 0.2) is 11.5 Å². The van der Waals surface area contributed by atoms with Crippen LogP contribution in [-0.4, -0.2) is 42.6 Å². The number of nitrogens with one attached hydrogen (secondary N) is 3. The van der Waals surface area contributed by atoms with E-state index in [1.54, 1.807) is 20.4 Å². The second-order valence-electron chi connectivity index (χ2n) is 5.45. The lowest BCUT2D eigenvalue weighted by atomic mass is 10.1. The minimum atomic E-state index is -0.133. The molecule has 0 saturated heterocycles. The molecule has 6 nitrogen and oxygen atoms in total. The van der Waals surface area contributed by atoms with Crippen molar-refractivity contribution in [3.05, 3.63) is 47.4 Å². The lowest BCUT2D eigenvalue weighted by Crippen LogP contribution is -2.26. The number of carbonyl (C=O) groups is 1. The average molecular weight is 315 g/mol. The zero-order chi connectivity index (χ0) is 16.7. The predicted molar refractivity (Wildman–Crippen MR) is 92.9 cm³/mol. The number of aromatic nitrogens is 2. The standard InChI is InChI=1S/C17H25N5O/c1-13-4-6-14(7-5-13)8-9-20-10-11-22-12-21-16(18-2)15(22)17(23)19-3/h4-7,12,18,20H,8-11H2,1-3H3,(H,19,23). The van der Waals surface area contributed by atoms with Crippen molar-refractivity contribution in [2.75, 3.05) is 32.5 Å². The van der Waals surface area contributed by atoms with E-state index in [0.29, 0.717) is 18.1 Å². The summed E-state index contributed by atoms with van der Waals surface area (Å²) in [5.74, 6) is 0.468. The van der Waals surface area contributed by atoms with Crippen LogP contribution in [0.1, 0.15) is 21.6 Å². The van der Waals surface area contributed by atoms with Crippen LogP contribution in [0, 0.1) is 6.92 Å². The SMILES string of the molecule is CNC(=O)c1c(NC)ncn1CCNCCc1ccc(C)cc1. The Balaban J connectivity index is 1.81. The van der Waals surface area contributed by atoms with Crippen LogP contribution in [0.25, 0.3) is 0 Å². The number of amides is 1. The first-order chi connectivity index (χ1) is 11.2. The zero-order valence-electron chi connectivity index (χ0n) is 14.0. The van der Waals surface area contributed by atoms with Crippen molar-refractivity contribution < 1.29 is 4.79 Å². The number of aryl methyl sites for hydroxylation is 1. The Hall–Kier alpha value is -2.34. The predicted octanol–water partition coefficient (Wildman–Crippen LogP) is 1.43. The molecule has 6 heteroatoms. The highest BCUT2D eigenvalue weighted by molar-refractivity contribution is 5.97. The largest absolute Gasteiger partial charge is 0.371 e. The average Bonchev–Trinajstić information content (AvgIpc) is 2.98. The van der Waals surface area contributed by atoms with Gasteiger partial charge in [0.25, 0.3) is 5.91 Å². The monoisotopic (exact) mass is 315 g/mol. The first kappa shape index (κ1) is 17.0. The van der Waals surface area contributed by atoms with Gasteiger partial charge in [0.2, 0.25) is 0 Å². The number of nitrogens with zero attached hydrogens (tertiary/aromatic N) is 2. The third-order valence-corrected chi connectivity index (χ3v) is 3.76. The van der Waals surface area contributed by atoms with Crippen molar-refractivity contribution in [3.8, 4) is 0 Å². The van der Waals surface area contributed by atoms with Crippen molar-refractivity contribution >= 4 is 11.7 Å². The fraction of sp³-hybridized carbons (Fsp3) is 0.412. The minimum Gasteiger partial charge on any atom is -0.371 e. The Kier molecular flexibility index (Phi) is 6.17. The van der Waals surface area contributed by atoms with Gasteiger partial charge >= 0.3 is 0 Å². The number of imidazole rings is 1. The van der Waals surface area contributed by atoms with E-state index < -0.39 is 0 Å². The van der Waals surface area contributed by atoms with Gasteiger partial charge in [-0.05, 0) is 25.5 Å². The highest BCUT2D eigenvalue weighted by Gasteiger charge is 2.16. The third-order valence-electron chi connectivity index (χ3n) is 3.76. The molecule has 1 aromatic carbocycles. The second kappa shape index (κ2) is 8.33. The van der Waals surface area contributed by atoms with Gasteiger partial charge in [0.1, 0.15) is 0 Å². The van der Waals surface area contributed by atoms with E-state index in [2.05, 4.69) is 52.1 Å². The molecule has 0 fully saturated rings. The van der Waals surface area contributed by atoms with Gasteiger partial charge in [0, 0.05) is 27.2 Å². The van der Waals surface area contributed by atoms with Crippen molar-refractivity contribution in [2.24, 2.45) is 0 Å². The fourth-order valence-corrected chi connectivity index (χ4v) is 2.40. The molecule has 0 aliphatic rings. The van der Waals surface area contributed by atoms with Gasteiger partial charge in [0.05, 0.1) is 6.33 Å². The number of anilines is 1. The lowest BCUT2D eigenvalue weighted by Gasteiger charge is -2.10. The van der Waals surface area contributed by atoms with Crippen molar-refractivity contribution in [1.29, 1.82) is 0 Å². The molecule has 0 spiro atoms. The van der Waals surface area contributed by atoms with E-state index in [1.807, 2.05) is 4.57 Å². The van der Waals surface area contributed by atoms with Gasteiger partial charge in [-0.1, -0.05) is 29.8 Å². The van der Waals surface area contributed by atoms with E-state index in [-0.39, 0.29) is 5.91 Å². The molecule has 1 heterocycles. The van der Waals surface area contributed by atoms with Crippen LogP contribution in [0.3, 0.4) is 0 Å². The number of carbonyl (C=O) groups excluding carboxylic acids is 1. The molecule has 23 heavy (non-hydrogen) atoms. The number of benzene rings is 1. The molecular formula is C17H25N5O. The summed E-state index contributed by atoms with van der Waals surface area (Å²) < 4.78 is 1.86. The van der Waals surface area contributed by atoms with Gasteiger partial charge < -0.3 is 20.5 Å². The first-order valence-electron chi connectivity index (χ1n) is 7.87. The van der Waals surface area contributed by atoms with Gasteiger partial charge in [-0.25, -0.2) is 4.98 Å². The van der Waals surface area contributed by atoms with Crippen LogP contribution >= 0.6 is 0 Å². The second-order valence-corrected chi connectivity index (χ2v) is 5.45. The highest BCUT2D eigenvalue weighted by Crippen LogP contribution is 2.12. The summed E-state index contributed by atoms with van der Waals surface area (Å²) in [5.41, 5.74) is 3.17. The number of rotatable bonds is 8. The maximum atomic E-state index is 11.9. The number of hydrogen-bond donors (Lipinski definition) is 3. The van der Waals surface area contributed by atoms with Crippen molar-refractivity contribution in [1.82, 2.24) is 20.2 Å². The Morgan fingerprint density at radius 2 is 1.91 bits per heavy atom. The molecule has 0 aliphatic heterocycles. The lowest BCUT2D eigenvalue weighted by molar-refractivity contribution is 0.0954.